The molecule has 1 aromatic heterocycles. The van der Waals surface area contributed by atoms with Gasteiger partial charge >= 0.3 is 0 Å². The van der Waals surface area contributed by atoms with Crippen molar-refractivity contribution in [3.05, 3.63) is 87.9 Å². The second-order valence-electron chi connectivity index (χ2n) is 7.11. The molecule has 4 rings (SSSR count). The minimum atomic E-state index is -0.0160. The summed E-state index contributed by atoms with van der Waals surface area (Å²) in [4.78, 5) is 32.3. The molecule has 1 N–H and O–H groups in total. The molecule has 0 aliphatic heterocycles. The summed E-state index contributed by atoms with van der Waals surface area (Å²) in [7, 11) is 0. The van der Waals surface area contributed by atoms with E-state index in [0.29, 0.717) is 22.0 Å². The standard InChI is InChI=1S/C24H19ClN2O2/c1-14-5-3-8-19(25)23(14)24-26-20-10-9-18(13-21(20)27-24)22(29)12-16-6-4-7-17(11-16)15(2)28/h3-11,13H,12H2,1-2H3,(H,26,27). The molecule has 0 aliphatic carbocycles. The molecular weight excluding hydrogens is 384 g/mol. The van der Waals surface area contributed by atoms with E-state index < -0.39 is 0 Å². The van der Waals surface area contributed by atoms with Gasteiger partial charge in [-0.2, -0.15) is 0 Å². The number of rotatable bonds is 5. The van der Waals surface area contributed by atoms with Crippen LogP contribution in [0.2, 0.25) is 5.02 Å². The number of aromatic amines is 1. The van der Waals surface area contributed by atoms with E-state index in [9.17, 15) is 9.59 Å². The largest absolute Gasteiger partial charge is 0.338 e. The number of Topliss-reactive ketones (excluding diaryl/α,β-unsaturated/α-hetero) is 2. The normalized spacial score (nSPS) is 11.0. The number of hydrogen-bond donors (Lipinski definition) is 1. The first kappa shape index (κ1) is 19.1. The second kappa shape index (κ2) is 7.64. The quantitative estimate of drug-likeness (QED) is 0.428. The van der Waals surface area contributed by atoms with Crippen molar-refractivity contribution in [1.29, 1.82) is 0 Å². The Bertz CT molecular complexity index is 1240. The summed E-state index contributed by atoms with van der Waals surface area (Å²) in [5.74, 6) is 0.653. The fourth-order valence-electron chi connectivity index (χ4n) is 3.42. The Kier molecular flexibility index (Phi) is 5.03. The SMILES string of the molecule is CC(=O)c1cccc(CC(=O)c2ccc3nc(-c4c(C)cccc4Cl)[nH]c3c2)c1. The number of imidazole rings is 1. The maximum atomic E-state index is 12.8. The number of nitrogens with one attached hydrogen (secondary N) is 1. The van der Waals surface area contributed by atoms with E-state index in [1.165, 1.54) is 6.92 Å². The van der Waals surface area contributed by atoms with Crippen LogP contribution in [-0.4, -0.2) is 21.5 Å². The van der Waals surface area contributed by atoms with Crippen molar-refractivity contribution in [3.8, 4) is 11.4 Å². The number of H-pyrrole nitrogens is 1. The third-order valence-corrected chi connectivity index (χ3v) is 5.28. The molecule has 0 aliphatic rings. The van der Waals surface area contributed by atoms with E-state index in [0.717, 1.165) is 27.7 Å². The summed E-state index contributed by atoms with van der Waals surface area (Å²) >= 11 is 6.36. The Morgan fingerprint density at radius 3 is 2.55 bits per heavy atom. The molecule has 0 atom stereocenters. The molecule has 0 saturated heterocycles. The predicted molar refractivity (Wildman–Crippen MR) is 116 cm³/mol. The zero-order valence-electron chi connectivity index (χ0n) is 16.1. The zero-order chi connectivity index (χ0) is 20.5. The molecule has 0 spiro atoms. The van der Waals surface area contributed by atoms with Crippen LogP contribution in [0.25, 0.3) is 22.4 Å². The molecule has 0 amide bonds. The molecule has 0 radical (unpaired) electrons. The van der Waals surface area contributed by atoms with Gasteiger partial charge in [-0.15, -0.1) is 0 Å². The van der Waals surface area contributed by atoms with Gasteiger partial charge in [-0.25, -0.2) is 4.98 Å². The van der Waals surface area contributed by atoms with E-state index in [-0.39, 0.29) is 18.0 Å². The highest BCUT2D eigenvalue weighted by atomic mass is 35.5. The monoisotopic (exact) mass is 402 g/mol. The number of ketones is 2. The van der Waals surface area contributed by atoms with Crippen LogP contribution >= 0.6 is 11.6 Å². The number of fused-ring (bicyclic) bond motifs is 1. The summed E-state index contributed by atoms with van der Waals surface area (Å²) in [5, 5.41) is 0.630. The van der Waals surface area contributed by atoms with Gasteiger partial charge in [0, 0.05) is 23.1 Å². The fourth-order valence-corrected chi connectivity index (χ4v) is 3.73. The van der Waals surface area contributed by atoms with E-state index >= 15 is 0 Å². The average Bonchev–Trinajstić information content (AvgIpc) is 3.10. The van der Waals surface area contributed by atoms with Crippen molar-refractivity contribution in [2.24, 2.45) is 0 Å². The van der Waals surface area contributed by atoms with Gasteiger partial charge in [0.15, 0.2) is 11.6 Å². The van der Waals surface area contributed by atoms with E-state index in [1.54, 1.807) is 24.3 Å². The maximum absolute atomic E-state index is 12.8. The minimum absolute atomic E-state index is 0.0134. The van der Waals surface area contributed by atoms with Gasteiger partial charge < -0.3 is 4.98 Å². The number of aryl methyl sites for hydroxylation is 1. The highest BCUT2D eigenvalue weighted by Gasteiger charge is 2.14. The molecular formula is C24H19ClN2O2. The van der Waals surface area contributed by atoms with Crippen molar-refractivity contribution in [2.45, 2.75) is 20.3 Å². The Morgan fingerprint density at radius 1 is 1.00 bits per heavy atom. The Morgan fingerprint density at radius 2 is 1.79 bits per heavy atom. The van der Waals surface area contributed by atoms with Crippen molar-refractivity contribution in [2.75, 3.05) is 0 Å². The lowest BCUT2D eigenvalue weighted by molar-refractivity contribution is 0.0987. The smallest absolute Gasteiger partial charge is 0.167 e. The summed E-state index contributed by atoms with van der Waals surface area (Å²) in [5.41, 5.74) is 5.46. The molecule has 5 heteroatoms. The van der Waals surface area contributed by atoms with Gasteiger partial charge in [-0.05, 0) is 55.3 Å². The molecule has 0 unspecified atom stereocenters. The van der Waals surface area contributed by atoms with Gasteiger partial charge in [-0.3, -0.25) is 9.59 Å². The number of carbonyl (C=O) groups excluding carboxylic acids is 2. The third-order valence-electron chi connectivity index (χ3n) is 4.96. The average molecular weight is 403 g/mol. The summed E-state index contributed by atoms with van der Waals surface area (Å²) in [6.45, 7) is 3.50. The van der Waals surface area contributed by atoms with E-state index in [2.05, 4.69) is 9.97 Å². The highest BCUT2D eigenvalue weighted by Crippen LogP contribution is 2.30. The molecule has 29 heavy (non-hydrogen) atoms. The van der Waals surface area contributed by atoms with Crippen LogP contribution in [-0.2, 0) is 6.42 Å². The number of hydrogen-bond acceptors (Lipinski definition) is 3. The molecule has 144 valence electrons. The Balaban J connectivity index is 1.65. The topological polar surface area (TPSA) is 62.8 Å². The minimum Gasteiger partial charge on any atom is -0.338 e. The Hall–Kier alpha value is -3.24. The fraction of sp³-hybridized carbons (Fsp3) is 0.125. The highest BCUT2D eigenvalue weighted by molar-refractivity contribution is 6.33. The number of nitrogens with zero attached hydrogens (tertiary/aromatic N) is 1. The van der Waals surface area contributed by atoms with Crippen LogP contribution < -0.4 is 0 Å². The molecule has 0 fully saturated rings. The summed E-state index contributed by atoms with van der Waals surface area (Å²) in [6, 6.07) is 18.3. The number of aromatic nitrogens is 2. The van der Waals surface area contributed by atoms with Crippen molar-refractivity contribution >= 4 is 34.2 Å². The van der Waals surface area contributed by atoms with Crippen molar-refractivity contribution < 1.29 is 9.59 Å². The van der Waals surface area contributed by atoms with Gasteiger partial charge in [0.25, 0.3) is 0 Å². The predicted octanol–water partition coefficient (Wildman–Crippen LogP) is 5.82. The molecule has 1 heterocycles. The molecule has 0 saturated carbocycles. The zero-order valence-corrected chi connectivity index (χ0v) is 16.9. The van der Waals surface area contributed by atoms with Crippen molar-refractivity contribution in [1.82, 2.24) is 9.97 Å². The molecule has 4 nitrogen and oxygen atoms in total. The van der Waals surface area contributed by atoms with Crippen LogP contribution in [0.1, 0.15) is 38.8 Å². The van der Waals surface area contributed by atoms with Gasteiger partial charge in [-0.1, -0.05) is 41.9 Å². The number of carbonyl (C=O) groups is 2. The van der Waals surface area contributed by atoms with Crippen LogP contribution in [0.5, 0.6) is 0 Å². The van der Waals surface area contributed by atoms with E-state index in [1.807, 2.05) is 43.3 Å². The van der Waals surface area contributed by atoms with Gasteiger partial charge in [0.1, 0.15) is 5.82 Å². The van der Waals surface area contributed by atoms with Crippen LogP contribution in [0.4, 0.5) is 0 Å². The molecule has 0 bridgehead atoms. The van der Waals surface area contributed by atoms with Crippen LogP contribution in [0.15, 0.2) is 60.7 Å². The lowest BCUT2D eigenvalue weighted by Gasteiger charge is -2.04. The molecule has 4 aromatic rings. The first-order chi connectivity index (χ1) is 13.9. The summed E-state index contributed by atoms with van der Waals surface area (Å²) in [6.07, 6.45) is 0.233. The lowest BCUT2D eigenvalue weighted by atomic mass is 10.00. The van der Waals surface area contributed by atoms with Crippen LogP contribution in [0.3, 0.4) is 0 Å². The molecule has 3 aromatic carbocycles. The first-order valence-corrected chi connectivity index (χ1v) is 9.68. The summed E-state index contributed by atoms with van der Waals surface area (Å²) < 4.78 is 0. The number of halogens is 1. The first-order valence-electron chi connectivity index (χ1n) is 9.30. The third kappa shape index (κ3) is 3.84. The van der Waals surface area contributed by atoms with Crippen LogP contribution in [0, 0.1) is 6.92 Å². The Labute approximate surface area is 173 Å². The lowest BCUT2D eigenvalue weighted by Crippen LogP contribution is -2.04. The van der Waals surface area contributed by atoms with Gasteiger partial charge in [0.2, 0.25) is 0 Å². The second-order valence-corrected chi connectivity index (χ2v) is 7.51. The van der Waals surface area contributed by atoms with E-state index in [4.69, 9.17) is 11.6 Å². The van der Waals surface area contributed by atoms with Crippen molar-refractivity contribution in [3.63, 3.8) is 0 Å². The number of benzene rings is 3. The van der Waals surface area contributed by atoms with Gasteiger partial charge in [0.05, 0.1) is 16.1 Å². The maximum Gasteiger partial charge on any atom is 0.167 e.